The van der Waals surface area contributed by atoms with Crippen LogP contribution in [0.15, 0.2) is 54.6 Å². The third kappa shape index (κ3) is 3.89. The Morgan fingerprint density at radius 3 is 1.45 bits per heavy atom. The van der Waals surface area contributed by atoms with Crippen LogP contribution in [0.3, 0.4) is 0 Å². The molecular formula is C19H12Cl4O5S. The molecule has 0 unspecified atom stereocenters. The topological polar surface area (TPSA) is 94.8 Å². The number of rotatable bonds is 4. The van der Waals surface area contributed by atoms with Crippen LogP contribution in [0.5, 0.6) is 11.5 Å². The Kier molecular flexibility index (Phi) is 5.98. The molecule has 3 aromatic rings. The maximum atomic E-state index is 13.0. The standard InChI is InChI=1S/C19H12Cl4O5S/c20-11-1-3-15(17(22)7-11)19(29(26,27)28,10-5-13(24)9-14(25)6-10)16-4-2-12(21)8-18(16)23/h1-9,24-25H,(H,26,27,28). The van der Waals surface area contributed by atoms with E-state index in [-0.39, 0.29) is 36.8 Å². The highest BCUT2D eigenvalue weighted by Gasteiger charge is 2.51. The van der Waals surface area contributed by atoms with Gasteiger partial charge in [-0.05, 0) is 42.0 Å². The molecule has 0 radical (unpaired) electrons. The second-order valence-corrected chi connectivity index (χ2v) is 9.39. The molecule has 0 aromatic heterocycles. The van der Waals surface area contributed by atoms with Gasteiger partial charge in [-0.2, -0.15) is 8.42 Å². The lowest BCUT2D eigenvalue weighted by Gasteiger charge is -2.34. The first-order valence-electron chi connectivity index (χ1n) is 7.88. The van der Waals surface area contributed by atoms with E-state index in [1.165, 1.54) is 36.4 Å². The largest absolute Gasteiger partial charge is 0.508 e. The van der Waals surface area contributed by atoms with Crippen LogP contribution in [-0.2, 0) is 14.9 Å². The normalized spacial score (nSPS) is 12.2. The van der Waals surface area contributed by atoms with Crippen LogP contribution in [0.2, 0.25) is 20.1 Å². The molecule has 0 aliphatic heterocycles. The lowest BCUT2D eigenvalue weighted by molar-refractivity contribution is 0.444. The first kappa shape index (κ1) is 22.0. The zero-order chi connectivity index (χ0) is 21.6. The van der Waals surface area contributed by atoms with Crippen molar-refractivity contribution in [2.24, 2.45) is 0 Å². The molecular weight excluding hydrogens is 482 g/mol. The monoisotopic (exact) mass is 492 g/mol. The molecule has 29 heavy (non-hydrogen) atoms. The number of hydrogen-bond donors (Lipinski definition) is 3. The van der Waals surface area contributed by atoms with Crippen LogP contribution in [0.1, 0.15) is 16.7 Å². The van der Waals surface area contributed by atoms with Gasteiger partial charge < -0.3 is 10.2 Å². The zero-order valence-corrected chi connectivity index (χ0v) is 18.1. The van der Waals surface area contributed by atoms with Crippen LogP contribution < -0.4 is 0 Å². The Labute approximate surface area is 186 Å². The van der Waals surface area contributed by atoms with Gasteiger partial charge in [0, 0.05) is 37.3 Å². The maximum absolute atomic E-state index is 13.0. The van der Waals surface area contributed by atoms with Gasteiger partial charge in [-0.1, -0.05) is 58.5 Å². The molecule has 3 N–H and O–H groups in total. The molecule has 0 heterocycles. The Morgan fingerprint density at radius 2 is 1.10 bits per heavy atom. The molecule has 0 aliphatic rings. The Hall–Kier alpha value is -1.67. The van der Waals surface area contributed by atoms with Crippen molar-refractivity contribution in [2.75, 3.05) is 0 Å². The quantitative estimate of drug-likeness (QED) is 0.311. The average molecular weight is 494 g/mol. The van der Waals surface area contributed by atoms with Crippen LogP contribution in [0.25, 0.3) is 0 Å². The summed E-state index contributed by atoms with van der Waals surface area (Å²) in [5.41, 5.74) is -0.397. The lowest BCUT2D eigenvalue weighted by atomic mass is 9.83. The van der Waals surface area contributed by atoms with Crippen LogP contribution in [-0.4, -0.2) is 23.2 Å². The number of phenols is 2. The molecule has 0 amide bonds. The van der Waals surface area contributed by atoms with Gasteiger partial charge in [0.05, 0.1) is 0 Å². The van der Waals surface area contributed by atoms with E-state index >= 15 is 0 Å². The van der Waals surface area contributed by atoms with E-state index in [1.807, 2.05) is 0 Å². The van der Waals surface area contributed by atoms with Crippen molar-refractivity contribution < 1.29 is 23.2 Å². The summed E-state index contributed by atoms with van der Waals surface area (Å²) in [4.78, 5) is 0. The number of aromatic hydroxyl groups is 2. The fraction of sp³-hybridized carbons (Fsp3) is 0.0526. The first-order chi connectivity index (χ1) is 13.5. The first-order valence-corrected chi connectivity index (χ1v) is 10.8. The van der Waals surface area contributed by atoms with Crippen LogP contribution in [0.4, 0.5) is 0 Å². The number of hydrogen-bond acceptors (Lipinski definition) is 4. The van der Waals surface area contributed by atoms with Crippen molar-refractivity contribution in [3.05, 3.63) is 91.4 Å². The van der Waals surface area contributed by atoms with Crippen molar-refractivity contribution in [3.8, 4) is 11.5 Å². The summed E-state index contributed by atoms with van der Waals surface area (Å²) in [5, 5.41) is 20.3. The van der Waals surface area contributed by atoms with Gasteiger partial charge in [0.1, 0.15) is 11.5 Å². The summed E-state index contributed by atoms with van der Waals surface area (Å²) in [6, 6.07) is 11.1. The Balaban J connectivity index is 2.60. The van der Waals surface area contributed by atoms with E-state index in [0.29, 0.717) is 0 Å². The molecule has 0 bridgehead atoms. The highest BCUT2D eigenvalue weighted by atomic mass is 35.5. The second-order valence-electron chi connectivity index (χ2n) is 6.14. The molecule has 3 aromatic carbocycles. The molecule has 152 valence electrons. The van der Waals surface area contributed by atoms with Crippen LogP contribution in [0, 0.1) is 0 Å². The molecule has 0 spiro atoms. The van der Waals surface area contributed by atoms with E-state index in [2.05, 4.69) is 0 Å². The second kappa shape index (κ2) is 7.87. The molecule has 0 saturated heterocycles. The Morgan fingerprint density at radius 1 is 0.690 bits per heavy atom. The highest BCUT2D eigenvalue weighted by molar-refractivity contribution is 7.87. The van der Waals surface area contributed by atoms with Gasteiger partial charge >= 0.3 is 0 Å². The zero-order valence-electron chi connectivity index (χ0n) is 14.3. The van der Waals surface area contributed by atoms with Crippen molar-refractivity contribution in [2.45, 2.75) is 4.75 Å². The number of halogens is 4. The fourth-order valence-corrected chi connectivity index (χ4v) is 5.77. The number of phenolic OH excluding ortho intramolecular Hbond substituents is 2. The average Bonchev–Trinajstić information content (AvgIpc) is 2.56. The van der Waals surface area contributed by atoms with E-state index in [1.54, 1.807) is 0 Å². The predicted octanol–water partition coefficient (Wildman–Crippen LogP) is 5.89. The summed E-state index contributed by atoms with van der Waals surface area (Å²) >= 11 is 24.6. The van der Waals surface area contributed by atoms with Gasteiger partial charge in [-0.25, -0.2) is 0 Å². The smallest absolute Gasteiger partial charge is 0.283 e. The van der Waals surface area contributed by atoms with Crippen molar-refractivity contribution in [3.63, 3.8) is 0 Å². The van der Waals surface area contributed by atoms with Gasteiger partial charge in [0.15, 0.2) is 4.75 Å². The third-order valence-corrected chi connectivity index (χ3v) is 6.86. The van der Waals surface area contributed by atoms with Crippen molar-refractivity contribution in [1.29, 1.82) is 0 Å². The third-order valence-electron chi connectivity index (χ3n) is 4.32. The molecule has 0 atom stereocenters. The van der Waals surface area contributed by atoms with Gasteiger partial charge in [0.2, 0.25) is 0 Å². The van der Waals surface area contributed by atoms with Gasteiger partial charge in [-0.3, -0.25) is 4.55 Å². The minimum atomic E-state index is -5.07. The van der Waals surface area contributed by atoms with Gasteiger partial charge in [-0.15, -0.1) is 0 Å². The molecule has 0 fully saturated rings. The Bertz CT molecular complexity index is 1140. The SMILES string of the molecule is O=S(=O)(O)C(c1cc(O)cc(O)c1)(c1ccc(Cl)cc1Cl)c1ccc(Cl)cc1Cl. The molecule has 10 heteroatoms. The summed E-state index contributed by atoms with van der Waals surface area (Å²) < 4.78 is 34.0. The summed E-state index contributed by atoms with van der Waals surface area (Å²) in [7, 11) is -5.07. The maximum Gasteiger partial charge on any atom is 0.283 e. The predicted molar refractivity (Wildman–Crippen MR) is 114 cm³/mol. The minimum Gasteiger partial charge on any atom is -0.508 e. The van der Waals surface area contributed by atoms with E-state index in [0.717, 1.165) is 18.2 Å². The lowest BCUT2D eigenvalue weighted by Crippen LogP contribution is -2.38. The van der Waals surface area contributed by atoms with Gasteiger partial charge in [0.25, 0.3) is 10.1 Å². The summed E-state index contributed by atoms with van der Waals surface area (Å²) in [6.07, 6.45) is 0. The fourth-order valence-electron chi connectivity index (χ4n) is 3.23. The molecule has 5 nitrogen and oxygen atoms in total. The van der Waals surface area contributed by atoms with E-state index in [9.17, 15) is 23.2 Å². The summed E-state index contributed by atoms with van der Waals surface area (Å²) in [5.74, 6) is -0.883. The number of benzene rings is 3. The van der Waals surface area contributed by atoms with Crippen LogP contribution >= 0.6 is 46.4 Å². The molecule has 3 rings (SSSR count). The molecule has 0 aliphatic carbocycles. The highest BCUT2D eigenvalue weighted by Crippen LogP contribution is 2.50. The minimum absolute atomic E-state index is 0.0935. The van der Waals surface area contributed by atoms with E-state index in [4.69, 9.17) is 46.4 Å². The van der Waals surface area contributed by atoms with Crippen molar-refractivity contribution >= 4 is 56.5 Å². The summed E-state index contributed by atoms with van der Waals surface area (Å²) in [6.45, 7) is 0. The van der Waals surface area contributed by atoms with Crippen molar-refractivity contribution in [1.82, 2.24) is 0 Å². The molecule has 0 saturated carbocycles. The van der Waals surface area contributed by atoms with E-state index < -0.39 is 26.4 Å².